The van der Waals surface area contributed by atoms with Crippen molar-refractivity contribution in [2.45, 2.75) is 18.9 Å². The summed E-state index contributed by atoms with van der Waals surface area (Å²) in [6.07, 6.45) is 0.187. The molecule has 1 amide bonds. The summed E-state index contributed by atoms with van der Waals surface area (Å²) < 4.78 is 0. The molecule has 0 aliphatic rings. The molecule has 0 aliphatic carbocycles. The molecule has 2 aromatic rings. The number of aliphatic carboxylic acids is 1. The smallest absolute Gasteiger partial charge is 0.334 e. The molecule has 0 saturated carbocycles. The maximum atomic E-state index is 11.9. The van der Waals surface area contributed by atoms with Gasteiger partial charge in [0.05, 0.1) is 0 Å². The van der Waals surface area contributed by atoms with Crippen LogP contribution < -0.4 is 5.32 Å². The van der Waals surface area contributed by atoms with Crippen molar-refractivity contribution < 1.29 is 14.7 Å². The highest BCUT2D eigenvalue weighted by Gasteiger charge is 2.41. The minimum atomic E-state index is -1.46. The summed E-state index contributed by atoms with van der Waals surface area (Å²) in [5, 5.41) is 12.4. The van der Waals surface area contributed by atoms with Crippen LogP contribution in [0, 0.1) is 0 Å². The van der Waals surface area contributed by atoms with E-state index in [1.54, 1.807) is 24.3 Å². The molecule has 1 atom stereocenters. The van der Waals surface area contributed by atoms with Gasteiger partial charge in [0.15, 0.2) is 5.54 Å². The van der Waals surface area contributed by atoms with Crippen LogP contribution in [0.15, 0.2) is 60.7 Å². The van der Waals surface area contributed by atoms with Gasteiger partial charge in [-0.15, -0.1) is 0 Å². The number of amides is 1. The van der Waals surface area contributed by atoms with E-state index in [4.69, 9.17) is 0 Å². The van der Waals surface area contributed by atoms with Gasteiger partial charge in [-0.05, 0) is 11.1 Å². The number of carboxylic acid groups (broad SMARTS) is 1. The fraction of sp³-hybridized carbons (Fsp3) is 0.176. The average Bonchev–Trinajstić information content (AvgIpc) is 2.48. The van der Waals surface area contributed by atoms with Crippen LogP contribution in [-0.4, -0.2) is 17.0 Å². The highest BCUT2D eigenvalue weighted by molar-refractivity contribution is 5.87. The Kier molecular flexibility index (Phi) is 4.38. The van der Waals surface area contributed by atoms with Crippen molar-refractivity contribution in [3.63, 3.8) is 0 Å². The molecule has 2 N–H and O–H groups in total. The Labute approximate surface area is 123 Å². The highest BCUT2D eigenvalue weighted by atomic mass is 16.4. The molecule has 0 aromatic heterocycles. The molecule has 0 heterocycles. The van der Waals surface area contributed by atoms with E-state index in [-0.39, 0.29) is 12.3 Å². The van der Waals surface area contributed by atoms with Gasteiger partial charge < -0.3 is 10.4 Å². The van der Waals surface area contributed by atoms with Gasteiger partial charge in [-0.3, -0.25) is 4.79 Å². The molecule has 4 heteroatoms. The molecule has 2 rings (SSSR count). The normalized spacial score (nSPS) is 13.2. The quantitative estimate of drug-likeness (QED) is 0.885. The number of carbonyl (C=O) groups excluding carboxylic acids is 1. The molecule has 2 aromatic carbocycles. The zero-order chi connectivity index (χ0) is 15.3. The van der Waals surface area contributed by atoms with E-state index in [2.05, 4.69) is 5.32 Å². The first kappa shape index (κ1) is 14.8. The van der Waals surface area contributed by atoms with Crippen LogP contribution in [0.25, 0.3) is 0 Å². The lowest BCUT2D eigenvalue weighted by atomic mass is 9.83. The third kappa shape index (κ3) is 3.28. The third-order valence-electron chi connectivity index (χ3n) is 3.33. The maximum absolute atomic E-state index is 11.9. The van der Waals surface area contributed by atoms with E-state index in [1.807, 2.05) is 36.4 Å². The van der Waals surface area contributed by atoms with Gasteiger partial charge in [0.1, 0.15) is 0 Å². The molecule has 1 unspecified atom stereocenters. The van der Waals surface area contributed by atoms with Gasteiger partial charge in [-0.2, -0.15) is 0 Å². The summed E-state index contributed by atoms with van der Waals surface area (Å²) in [4.78, 5) is 23.5. The van der Waals surface area contributed by atoms with Crippen LogP contribution in [0.3, 0.4) is 0 Å². The van der Waals surface area contributed by atoms with Crippen molar-refractivity contribution in [1.29, 1.82) is 0 Å². The number of benzene rings is 2. The SMILES string of the molecule is CC(=O)NC(Cc1ccccc1)(C(=O)O)c1ccccc1. The van der Waals surface area contributed by atoms with Gasteiger partial charge in [0.25, 0.3) is 0 Å². The molecule has 0 aliphatic heterocycles. The Morgan fingerprint density at radius 2 is 1.52 bits per heavy atom. The van der Waals surface area contributed by atoms with Crippen LogP contribution >= 0.6 is 0 Å². The van der Waals surface area contributed by atoms with Crippen molar-refractivity contribution in [2.24, 2.45) is 0 Å². The lowest BCUT2D eigenvalue weighted by molar-refractivity contribution is -0.148. The summed E-state index contributed by atoms with van der Waals surface area (Å²) >= 11 is 0. The lowest BCUT2D eigenvalue weighted by Crippen LogP contribution is -2.52. The summed E-state index contributed by atoms with van der Waals surface area (Å²) in [6.45, 7) is 1.33. The highest BCUT2D eigenvalue weighted by Crippen LogP contribution is 2.26. The van der Waals surface area contributed by atoms with Gasteiger partial charge in [0.2, 0.25) is 5.91 Å². The van der Waals surface area contributed by atoms with Crippen LogP contribution in [0.4, 0.5) is 0 Å². The van der Waals surface area contributed by atoms with Crippen molar-refractivity contribution in [3.05, 3.63) is 71.8 Å². The number of nitrogens with one attached hydrogen (secondary N) is 1. The van der Waals surface area contributed by atoms with Crippen LogP contribution in [0.1, 0.15) is 18.1 Å². The van der Waals surface area contributed by atoms with Gasteiger partial charge >= 0.3 is 5.97 Å². The fourth-order valence-corrected chi connectivity index (χ4v) is 2.40. The molecular weight excluding hydrogens is 266 g/mol. The first-order chi connectivity index (χ1) is 10.0. The second-order valence-electron chi connectivity index (χ2n) is 4.92. The first-order valence-electron chi connectivity index (χ1n) is 6.66. The van der Waals surface area contributed by atoms with Gasteiger partial charge in [0, 0.05) is 13.3 Å². The summed E-state index contributed by atoms with van der Waals surface area (Å²) in [5.41, 5.74) is -0.0666. The predicted molar refractivity (Wildman–Crippen MR) is 79.7 cm³/mol. The summed E-state index contributed by atoms with van der Waals surface area (Å²) in [6, 6.07) is 18.0. The Balaban J connectivity index is 2.51. The Morgan fingerprint density at radius 1 is 1.00 bits per heavy atom. The largest absolute Gasteiger partial charge is 0.479 e. The van der Waals surface area contributed by atoms with E-state index in [9.17, 15) is 14.7 Å². The summed E-state index contributed by atoms with van der Waals surface area (Å²) in [5.74, 6) is -1.45. The minimum absolute atomic E-state index is 0.187. The molecule has 4 nitrogen and oxygen atoms in total. The van der Waals surface area contributed by atoms with Crippen molar-refractivity contribution in [2.75, 3.05) is 0 Å². The molecule has 0 saturated heterocycles. The number of hydrogen-bond donors (Lipinski definition) is 2. The van der Waals surface area contributed by atoms with Crippen LogP contribution in [-0.2, 0) is 21.5 Å². The van der Waals surface area contributed by atoms with Crippen molar-refractivity contribution in [3.8, 4) is 0 Å². The third-order valence-corrected chi connectivity index (χ3v) is 3.33. The zero-order valence-corrected chi connectivity index (χ0v) is 11.7. The van der Waals surface area contributed by atoms with Crippen LogP contribution in [0.2, 0.25) is 0 Å². The molecule has 0 bridgehead atoms. The Hall–Kier alpha value is -2.62. The fourth-order valence-electron chi connectivity index (χ4n) is 2.40. The monoisotopic (exact) mass is 283 g/mol. The molecule has 0 radical (unpaired) electrons. The van der Waals surface area contributed by atoms with E-state index in [0.29, 0.717) is 5.56 Å². The minimum Gasteiger partial charge on any atom is -0.479 e. The zero-order valence-electron chi connectivity index (χ0n) is 11.7. The van der Waals surface area contributed by atoms with E-state index < -0.39 is 11.5 Å². The predicted octanol–water partition coefficient (Wildman–Crippen LogP) is 2.35. The second kappa shape index (κ2) is 6.22. The first-order valence-corrected chi connectivity index (χ1v) is 6.66. The standard InChI is InChI=1S/C17H17NO3/c1-13(19)18-17(16(20)21,15-10-6-3-7-11-15)12-14-8-4-2-5-9-14/h2-11H,12H2,1H3,(H,18,19)(H,20,21). The van der Waals surface area contributed by atoms with Gasteiger partial charge in [-0.1, -0.05) is 60.7 Å². The van der Waals surface area contributed by atoms with E-state index in [1.165, 1.54) is 6.92 Å². The molecular formula is C17H17NO3. The van der Waals surface area contributed by atoms with Crippen molar-refractivity contribution in [1.82, 2.24) is 5.32 Å². The van der Waals surface area contributed by atoms with Gasteiger partial charge in [-0.25, -0.2) is 4.79 Å². The molecule has 108 valence electrons. The molecule has 0 spiro atoms. The topological polar surface area (TPSA) is 66.4 Å². The van der Waals surface area contributed by atoms with E-state index in [0.717, 1.165) is 5.56 Å². The maximum Gasteiger partial charge on any atom is 0.334 e. The number of carboxylic acids is 1. The lowest BCUT2D eigenvalue weighted by Gasteiger charge is -2.31. The Bertz CT molecular complexity index is 625. The average molecular weight is 283 g/mol. The Morgan fingerprint density at radius 3 is 2.00 bits per heavy atom. The number of rotatable bonds is 5. The van der Waals surface area contributed by atoms with Crippen molar-refractivity contribution >= 4 is 11.9 Å². The van der Waals surface area contributed by atoms with E-state index >= 15 is 0 Å². The molecule has 21 heavy (non-hydrogen) atoms. The number of hydrogen-bond acceptors (Lipinski definition) is 2. The molecule has 0 fully saturated rings. The summed E-state index contributed by atoms with van der Waals surface area (Å²) in [7, 11) is 0. The van der Waals surface area contributed by atoms with Crippen LogP contribution in [0.5, 0.6) is 0 Å². The second-order valence-corrected chi connectivity index (χ2v) is 4.92. The number of carbonyl (C=O) groups is 2.